The standard InChI is InChI=1S/C15H18N2O5S/c1-22-15(19)13-4-2-11(3-5-13)9-16-17-14(18)8-12-6-7-23(20,21)10-12/h2-5,9,12H,6-8,10H2,1H3,(H,17,18)/b16-9-/t12-/m1/s1. The van der Waals surface area contributed by atoms with E-state index in [1.54, 1.807) is 24.3 Å². The van der Waals surface area contributed by atoms with Gasteiger partial charge in [-0.25, -0.2) is 18.6 Å². The van der Waals surface area contributed by atoms with Crippen molar-refractivity contribution in [3.63, 3.8) is 0 Å². The average Bonchev–Trinajstić information content (AvgIpc) is 2.86. The zero-order valence-corrected chi connectivity index (χ0v) is 13.5. The van der Waals surface area contributed by atoms with Gasteiger partial charge in [0.05, 0.1) is 30.4 Å². The van der Waals surface area contributed by atoms with Gasteiger partial charge >= 0.3 is 5.97 Å². The molecular formula is C15H18N2O5S. The molecule has 1 heterocycles. The Morgan fingerprint density at radius 1 is 1.35 bits per heavy atom. The summed E-state index contributed by atoms with van der Waals surface area (Å²) >= 11 is 0. The van der Waals surface area contributed by atoms with Crippen molar-refractivity contribution in [1.29, 1.82) is 0 Å². The number of carbonyl (C=O) groups excluding carboxylic acids is 2. The third-order valence-corrected chi connectivity index (χ3v) is 5.37. The molecule has 1 amide bonds. The second kappa shape index (κ2) is 7.36. The highest BCUT2D eigenvalue weighted by Gasteiger charge is 2.29. The molecule has 0 aliphatic carbocycles. The molecule has 7 nitrogen and oxygen atoms in total. The number of rotatable bonds is 5. The second-order valence-corrected chi connectivity index (χ2v) is 7.61. The van der Waals surface area contributed by atoms with Gasteiger partial charge in [-0.3, -0.25) is 4.79 Å². The minimum Gasteiger partial charge on any atom is -0.465 e. The molecule has 1 N–H and O–H groups in total. The molecule has 1 aromatic carbocycles. The van der Waals surface area contributed by atoms with E-state index in [1.165, 1.54) is 13.3 Å². The monoisotopic (exact) mass is 338 g/mol. The summed E-state index contributed by atoms with van der Waals surface area (Å²) in [6.07, 6.45) is 2.12. The van der Waals surface area contributed by atoms with Crippen LogP contribution in [0.5, 0.6) is 0 Å². The normalized spacial score (nSPS) is 19.6. The maximum absolute atomic E-state index is 11.7. The molecule has 0 saturated carbocycles. The molecule has 0 spiro atoms. The van der Waals surface area contributed by atoms with Gasteiger partial charge in [0.15, 0.2) is 9.84 Å². The van der Waals surface area contributed by atoms with Crippen molar-refractivity contribution in [3.05, 3.63) is 35.4 Å². The first-order valence-corrected chi connectivity index (χ1v) is 8.92. The van der Waals surface area contributed by atoms with Crippen molar-refractivity contribution >= 4 is 27.9 Å². The third-order valence-electron chi connectivity index (χ3n) is 3.54. The Bertz CT molecular complexity index is 710. The Kier molecular flexibility index (Phi) is 5.49. The Morgan fingerprint density at radius 2 is 2.04 bits per heavy atom. The van der Waals surface area contributed by atoms with Gasteiger partial charge in [0.2, 0.25) is 5.91 Å². The maximum atomic E-state index is 11.7. The zero-order valence-electron chi connectivity index (χ0n) is 12.7. The number of nitrogens with zero attached hydrogens (tertiary/aromatic N) is 1. The molecule has 1 atom stereocenters. The van der Waals surface area contributed by atoms with Gasteiger partial charge in [0, 0.05) is 6.42 Å². The molecule has 1 aromatic rings. The van der Waals surface area contributed by atoms with Crippen LogP contribution in [0.4, 0.5) is 0 Å². The summed E-state index contributed by atoms with van der Waals surface area (Å²) in [4.78, 5) is 23.0. The largest absolute Gasteiger partial charge is 0.465 e. The first kappa shape index (κ1) is 17.1. The number of hydrazone groups is 1. The summed E-state index contributed by atoms with van der Waals surface area (Å²) in [7, 11) is -1.67. The molecule has 2 rings (SSSR count). The van der Waals surface area contributed by atoms with Gasteiger partial charge in [-0.1, -0.05) is 12.1 Å². The van der Waals surface area contributed by atoms with Crippen LogP contribution >= 0.6 is 0 Å². The Morgan fingerprint density at radius 3 is 2.61 bits per heavy atom. The van der Waals surface area contributed by atoms with Crippen LogP contribution in [0.25, 0.3) is 0 Å². The fourth-order valence-electron chi connectivity index (χ4n) is 2.34. The van der Waals surface area contributed by atoms with Crippen LogP contribution in [0.15, 0.2) is 29.4 Å². The van der Waals surface area contributed by atoms with Crippen LogP contribution < -0.4 is 5.43 Å². The van der Waals surface area contributed by atoms with Crippen molar-refractivity contribution < 1.29 is 22.7 Å². The van der Waals surface area contributed by atoms with E-state index >= 15 is 0 Å². The van der Waals surface area contributed by atoms with E-state index in [-0.39, 0.29) is 29.8 Å². The van der Waals surface area contributed by atoms with E-state index in [9.17, 15) is 18.0 Å². The van der Waals surface area contributed by atoms with Crippen LogP contribution in [0.2, 0.25) is 0 Å². The summed E-state index contributed by atoms with van der Waals surface area (Å²) in [6, 6.07) is 6.54. The van der Waals surface area contributed by atoms with Crippen LogP contribution in [-0.4, -0.2) is 45.1 Å². The predicted octanol–water partition coefficient (Wildman–Crippen LogP) is 0.748. The highest BCUT2D eigenvalue weighted by Crippen LogP contribution is 2.21. The second-order valence-electron chi connectivity index (χ2n) is 5.38. The SMILES string of the molecule is COC(=O)c1ccc(/C=N\NC(=O)C[C@H]2CCS(=O)(=O)C2)cc1. The number of sulfone groups is 1. The fourth-order valence-corrected chi connectivity index (χ4v) is 4.20. The molecule has 23 heavy (non-hydrogen) atoms. The lowest BCUT2D eigenvalue weighted by Crippen LogP contribution is -2.21. The van der Waals surface area contributed by atoms with E-state index in [1.807, 2.05) is 0 Å². The van der Waals surface area contributed by atoms with Crippen molar-refractivity contribution in [1.82, 2.24) is 5.43 Å². The van der Waals surface area contributed by atoms with E-state index < -0.39 is 15.8 Å². The van der Waals surface area contributed by atoms with Gasteiger partial charge in [-0.15, -0.1) is 0 Å². The molecule has 8 heteroatoms. The zero-order chi connectivity index (χ0) is 16.9. The molecule has 1 saturated heterocycles. The molecule has 1 aliphatic heterocycles. The minimum absolute atomic E-state index is 0.0686. The summed E-state index contributed by atoms with van der Waals surface area (Å²) in [6.45, 7) is 0. The van der Waals surface area contributed by atoms with E-state index in [0.29, 0.717) is 17.5 Å². The van der Waals surface area contributed by atoms with E-state index in [4.69, 9.17) is 0 Å². The highest BCUT2D eigenvalue weighted by atomic mass is 32.2. The van der Waals surface area contributed by atoms with E-state index in [2.05, 4.69) is 15.3 Å². The van der Waals surface area contributed by atoms with Crippen molar-refractivity contribution in [3.8, 4) is 0 Å². The third kappa shape index (κ3) is 5.17. The molecule has 0 aromatic heterocycles. The van der Waals surface area contributed by atoms with Gasteiger partial charge in [-0.2, -0.15) is 5.10 Å². The summed E-state index contributed by atoms with van der Waals surface area (Å²) in [5, 5.41) is 3.82. The highest BCUT2D eigenvalue weighted by molar-refractivity contribution is 7.91. The summed E-state index contributed by atoms with van der Waals surface area (Å²) in [5.41, 5.74) is 3.51. The number of nitrogens with one attached hydrogen (secondary N) is 1. The number of benzene rings is 1. The molecule has 1 aliphatic rings. The molecule has 0 bridgehead atoms. The Hall–Kier alpha value is -2.22. The van der Waals surface area contributed by atoms with Crippen LogP contribution in [0.1, 0.15) is 28.8 Å². The van der Waals surface area contributed by atoms with Crippen molar-refractivity contribution in [2.45, 2.75) is 12.8 Å². The number of amides is 1. The Balaban J connectivity index is 1.82. The molecule has 0 radical (unpaired) electrons. The lowest BCUT2D eigenvalue weighted by atomic mass is 10.1. The molecule has 1 fully saturated rings. The topological polar surface area (TPSA) is 102 Å². The molecule has 124 valence electrons. The van der Waals surface area contributed by atoms with E-state index in [0.717, 1.165) is 0 Å². The number of methoxy groups -OCH3 is 1. The lowest BCUT2D eigenvalue weighted by molar-refractivity contribution is -0.121. The van der Waals surface area contributed by atoms with Crippen molar-refractivity contribution in [2.24, 2.45) is 11.0 Å². The van der Waals surface area contributed by atoms with Crippen molar-refractivity contribution in [2.75, 3.05) is 18.6 Å². The van der Waals surface area contributed by atoms with Crippen LogP contribution in [0, 0.1) is 5.92 Å². The quantitative estimate of drug-likeness (QED) is 0.485. The fraction of sp³-hybridized carbons (Fsp3) is 0.400. The average molecular weight is 338 g/mol. The summed E-state index contributed by atoms with van der Waals surface area (Å²) in [5.74, 6) is -0.641. The smallest absolute Gasteiger partial charge is 0.337 e. The number of esters is 1. The van der Waals surface area contributed by atoms with Gasteiger partial charge in [-0.05, 0) is 30.0 Å². The lowest BCUT2D eigenvalue weighted by Gasteiger charge is -2.05. The maximum Gasteiger partial charge on any atom is 0.337 e. The Labute approximate surface area is 134 Å². The van der Waals surface area contributed by atoms with Crippen LogP contribution in [-0.2, 0) is 19.4 Å². The number of carbonyl (C=O) groups is 2. The van der Waals surface area contributed by atoms with Gasteiger partial charge in [0.25, 0.3) is 0 Å². The molecular weight excluding hydrogens is 320 g/mol. The number of hydrogen-bond acceptors (Lipinski definition) is 6. The first-order chi connectivity index (χ1) is 10.9. The predicted molar refractivity (Wildman–Crippen MR) is 84.9 cm³/mol. The van der Waals surface area contributed by atoms with Gasteiger partial charge in [0.1, 0.15) is 0 Å². The summed E-state index contributed by atoms with van der Waals surface area (Å²) < 4.78 is 27.2. The van der Waals surface area contributed by atoms with Crippen LogP contribution in [0.3, 0.4) is 0 Å². The van der Waals surface area contributed by atoms with Gasteiger partial charge < -0.3 is 4.74 Å². The first-order valence-electron chi connectivity index (χ1n) is 7.10. The minimum atomic E-state index is -2.97. The number of ether oxygens (including phenoxy) is 1. The molecule has 0 unspecified atom stereocenters. The number of hydrogen-bond donors (Lipinski definition) is 1.